The summed E-state index contributed by atoms with van der Waals surface area (Å²) in [5.74, 6) is 4.31. The minimum Gasteiger partial charge on any atom is -0.481 e. The van der Waals surface area contributed by atoms with E-state index in [9.17, 15) is 19.8 Å². The van der Waals surface area contributed by atoms with Gasteiger partial charge in [-0.3, -0.25) is 9.59 Å². The molecule has 0 radical (unpaired) electrons. The smallest absolute Gasteiger partial charge is 0.303 e. The highest BCUT2D eigenvalue weighted by Gasteiger charge is 2.39. The Morgan fingerprint density at radius 3 is 2.84 bits per heavy atom. The first-order valence-electron chi connectivity index (χ1n) is 8.79. The first-order valence-corrected chi connectivity index (χ1v) is 8.79. The number of carboxylic acids is 1. The summed E-state index contributed by atoms with van der Waals surface area (Å²) in [6, 6.07) is 0. The number of carboxylic acid groups (broad SMARTS) is 1. The van der Waals surface area contributed by atoms with Crippen LogP contribution >= 0.6 is 0 Å². The lowest BCUT2D eigenvalue weighted by atomic mass is 9.90. The number of Topliss-reactive ketones (excluding diaryl/α,β-unsaturated/α-hetero) is 1. The van der Waals surface area contributed by atoms with Gasteiger partial charge >= 0.3 is 5.97 Å². The van der Waals surface area contributed by atoms with Crippen molar-refractivity contribution in [2.75, 3.05) is 0 Å². The van der Waals surface area contributed by atoms with Crippen LogP contribution < -0.4 is 0 Å². The van der Waals surface area contributed by atoms with Crippen LogP contribution in [0.5, 0.6) is 0 Å². The van der Waals surface area contributed by atoms with Gasteiger partial charge in [0.15, 0.2) is 0 Å². The maximum absolute atomic E-state index is 12.1. The summed E-state index contributed by atoms with van der Waals surface area (Å²) in [5.41, 5.74) is 0. The van der Waals surface area contributed by atoms with Crippen molar-refractivity contribution in [1.82, 2.24) is 0 Å². The Morgan fingerprint density at radius 1 is 1.40 bits per heavy atom. The van der Waals surface area contributed by atoms with Crippen LogP contribution in [-0.2, 0) is 9.59 Å². The summed E-state index contributed by atoms with van der Waals surface area (Å²) >= 11 is 0. The van der Waals surface area contributed by atoms with Gasteiger partial charge in [-0.15, -0.1) is 11.8 Å². The summed E-state index contributed by atoms with van der Waals surface area (Å²) < 4.78 is 0. The standard InChI is InChI=1S/C20H28O5/c1-2-3-6-9-15(21)12-13-17-16(18(22)14-19(17)23)10-7-4-5-8-11-20(24)25/h4,7,12-13,15-17,19,21,23H,5-6,8-11,14H2,1H3,(H,24,25)/t15-,16+,17+,19+/m0/s1. The van der Waals surface area contributed by atoms with E-state index >= 15 is 0 Å². The molecule has 0 aromatic carbocycles. The van der Waals surface area contributed by atoms with Gasteiger partial charge in [0.2, 0.25) is 0 Å². The Morgan fingerprint density at radius 2 is 2.16 bits per heavy atom. The van der Waals surface area contributed by atoms with E-state index < -0.39 is 18.2 Å². The molecule has 1 aliphatic carbocycles. The van der Waals surface area contributed by atoms with Crippen LogP contribution in [-0.4, -0.2) is 39.3 Å². The fraction of sp³-hybridized carbons (Fsp3) is 0.600. The number of hydrogen-bond acceptors (Lipinski definition) is 4. The van der Waals surface area contributed by atoms with Crippen LogP contribution in [0.2, 0.25) is 0 Å². The molecule has 1 fully saturated rings. The molecule has 5 heteroatoms. The number of carbonyl (C=O) groups excluding carboxylic acids is 1. The average molecular weight is 348 g/mol. The van der Waals surface area contributed by atoms with Crippen molar-refractivity contribution in [1.29, 1.82) is 0 Å². The molecule has 3 N–H and O–H groups in total. The van der Waals surface area contributed by atoms with E-state index in [1.165, 1.54) is 0 Å². The van der Waals surface area contributed by atoms with Gasteiger partial charge in [0.05, 0.1) is 12.2 Å². The Labute approximate surface area is 149 Å². The number of aliphatic carboxylic acids is 1. The fourth-order valence-electron chi connectivity index (χ4n) is 2.96. The molecule has 0 bridgehead atoms. The number of rotatable bonds is 10. The van der Waals surface area contributed by atoms with Gasteiger partial charge < -0.3 is 15.3 Å². The van der Waals surface area contributed by atoms with Crippen molar-refractivity contribution in [3.05, 3.63) is 24.3 Å². The maximum atomic E-state index is 12.1. The van der Waals surface area contributed by atoms with E-state index in [2.05, 4.69) is 11.8 Å². The zero-order chi connectivity index (χ0) is 18.7. The van der Waals surface area contributed by atoms with Crippen LogP contribution in [0.1, 0.15) is 51.9 Å². The summed E-state index contributed by atoms with van der Waals surface area (Å²) in [5, 5.41) is 28.6. The van der Waals surface area contributed by atoms with Crippen LogP contribution in [0.4, 0.5) is 0 Å². The molecule has 1 aliphatic rings. The largest absolute Gasteiger partial charge is 0.481 e. The van der Waals surface area contributed by atoms with E-state index in [1.807, 2.05) is 12.2 Å². The lowest BCUT2D eigenvalue weighted by Gasteiger charge is -2.16. The summed E-state index contributed by atoms with van der Waals surface area (Å²) in [7, 11) is 0. The fourth-order valence-corrected chi connectivity index (χ4v) is 2.96. The molecule has 138 valence electrons. The predicted octanol–water partition coefficient (Wildman–Crippen LogP) is 2.47. The molecule has 0 aromatic heterocycles. The third kappa shape index (κ3) is 8.15. The van der Waals surface area contributed by atoms with Crippen molar-refractivity contribution in [2.45, 2.75) is 64.1 Å². The molecule has 0 heterocycles. The molecule has 0 spiro atoms. The van der Waals surface area contributed by atoms with Gasteiger partial charge in [0, 0.05) is 31.1 Å². The normalized spacial score (nSPS) is 24.6. The van der Waals surface area contributed by atoms with E-state index in [1.54, 1.807) is 19.1 Å². The van der Waals surface area contributed by atoms with Crippen molar-refractivity contribution >= 4 is 11.8 Å². The SMILES string of the molecule is CC#CCC[C@H](O)C=C[C@H]1[C@H](O)CC(=O)[C@@H]1CC=CCCCC(=O)O. The Bertz CT molecular complexity index is 552. The number of ketones is 1. The molecule has 0 amide bonds. The van der Waals surface area contributed by atoms with Gasteiger partial charge in [-0.1, -0.05) is 24.3 Å². The van der Waals surface area contributed by atoms with Crippen molar-refractivity contribution in [3.63, 3.8) is 0 Å². The minimum atomic E-state index is -0.809. The van der Waals surface area contributed by atoms with Crippen LogP contribution in [0, 0.1) is 23.7 Å². The molecule has 25 heavy (non-hydrogen) atoms. The highest BCUT2D eigenvalue weighted by Crippen LogP contribution is 2.33. The van der Waals surface area contributed by atoms with Gasteiger partial charge in [0.25, 0.3) is 0 Å². The number of aliphatic hydroxyl groups is 2. The first-order chi connectivity index (χ1) is 12.0. The molecule has 1 rings (SSSR count). The zero-order valence-electron chi connectivity index (χ0n) is 14.7. The van der Waals surface area contributed by atoms with Gasteiger partial charge in [-0.05, 0) is 32.6 Å². The van der Waals surface area contributed by atoms with Crippen LogP contribution in [0.25, 0.3) is 0 Å². The van der Waals surface area contributed by atoms with E-state index in [0.29, 0.717) is 32.1 Å². The second-order valence-corrected chi connectivity index (χ2v) is 6.33. The lowest BCUT2D eigenvalue weighted by Crippen LogP contribution is -2.18. The van der Waals surface area contributed by atoms with Crippen LogP contribution in [0.3, 0.4) is 0 Å². The quantitative estimate of drug-likeness (QED) is 0.320. The third-order valence-corrected chi connectivity index (χ3v) is 4.35. The third-order valence-electron chi connectivity index (χ3n) is 4.35. The molecular weight excluding hydrogens is 320 g/mol. The number of carbonyl (C=O) groups is 2. The second-order valence-electron chi connectivity index (χ2n) is 6.33. The molecule has 5 nitrogen and oxygen atoms in total. The van der Waals surface area contributed by atoms with Crippen molar-refractivity contribution < 1.29 is 24.9 Å². The Hall–Kier alpha value is -1.90. The number of unbranched alkanes of at least 4 members (excludes halogenated alkanes) is 1. The number of hydrogen-bond donors (Lipinski definition) is 3. The van der Waals surface area contributed by atoms with Gasteiger partial charge in [-0.25, -0.2) is 0 Å². The second kappa shape index (κ2) is 11.6. The molecular formula is C20H28O5. The van der Waals surface area contributed by atoms with Gasteiger partial charge in [0.1, 0.15) is 5.78 Å². The molecule has 0 aliphatic heterocycles. The van der Waals surface area contributed by atoms with E-state index in [0.717, 1.165) is 0 Å². The first kappa shape index (κ1) is 21.1. The monoisotopic (exact) mass is 348 g/mol. The summed E-state index contributed by atoms with van der Waals surface area (Å²) in [6.07, 6.45) is 9.01. The predicted molar refractivity (Wildman–Crippen MR) is 95.7 cm³/mol. The average Bonchev–Trinajstić information content (AvgIpc) is 2.82. The molecule has 0 unspecified atom stereocenters. The minimum absolute atomic E-state index is 0.0312. The number of allylic oxidation sites excluding steroid dienone is 2. The molecule has 0 aromatic rings. The molecule has 1 saturated carbocycles. The molecule has 4 atom stereocenters. The zero-order valence-corrected chi connectivity index (χ0v) is 14.7. The van der Waals surface area contributed by atoms with E-state index in [-0.39, 0.29) is 30.5 Å². The van der Waals surface area contributed by atoms with E-state index in [4.69, 9.17) is 5.11 Å². The van der Waals surface area contributed by atoms with Crippen molar-refractivity contribution in [3.8, 4) is 11.8 Å². The highest BCUT2D eigenvalue weighted by atomic mass is 16.4. The maximum Gasteiger partial charge on any atom is 0.303 e. The number of aliphatic hydroxyl groups excluding tert-OH is 2. The Kier molecular flexibility index (Phi) is 9.83. The summed E-state index contributed by atoms with van der Waals surface area (Å²) in [6.45, 7) is 1.75. The lowest BCUT2D eigenvalue weighted by molar-refractivity contribution is -0.137. The van der Waals surface area contributed by atoms with Crippen LogP contribution in [0.15, 0.2) is 24.3 Å². The topological polar surface area (TPSA) is 94.8 Å². The van der Waals surface area contributed by atoms with Crippen molar-refractivity contribution in [2.24, 2.45) is 11.8 Å². The molecule has 0 saturated heterocycles. The Balaban J connectivity index is 2.51. The summed E-state index contributed by atoms with van der Waals surface area (Å²) in [4.78, 5) is 22.5. The van der Waals surface area contributed by atoms with Gasteiger partial charge in [-0.2, -0.15) is 0 Å². The highest BCUT2D eigenvalue weighted by molar-refractivity contribution is 5.84.